The molecule has 0 heterocycles. The van der Waals surface area contributed by atoms with Crippen LogP contribution in [0, 0.1) is 0 Å². The number of esters is 2. The third-order valence-electron chi connectivity index (χ3n) is 4.57. The van der Waals surface area contributed by atoms with Crippen LogP contribution in [0.5, 0.6) is 0 Å². The van der Waals surface area contributed by atoms with Gasteiger partial charge in [0.15, 0.2) is 0 Å². The number of Topliss-reactive ketones (excluding diaryl/α,β-unsaturated/α-hetero) is 2. The molecule has 8 heteroatoms. The fourth-order valence-electron chi connectivity index (χ4n) is 2.31. The van der Waals surface area contributed by atoms with Gasteiger partial charge in [-0.2, -0.15) is 0 Å². The molecule has 432 valence electrons. The Bertz CT molecular complexity index is 1150. The van der Waals surface area contributed by atoms with Gasteiger partial charge >= 0.3 is 11.9 Å². The summed E-state index contributed by atoms with van der Waals surface area (Å²) in [6, 6.07) is 72.0. The number of carbonyl (C=O) groups is 4. The predicted molar refractivity (Wildman–Crippen MR) is 337 cm³/mol. The second-order valence-corrected chi connectivity index (χ2v) is 12.4. The van der Waals surface area contributed by atoms with Crippen molar-refractivity contribution in [1.82, 2.24) is 0 Å². The van der Waals surface area contributed by atoms with E-state index < -0.39 is 0 Å². The number of hydrogen-bond acceptors (Lipinski definition) is 8. The molecule has 8 nitrogen and oxygen atoms in total. The Labute approximate surface area is 465 Å². The molecule has 0 atom stereocenters. The van der Waals surface area contributed by atoms with Gasteiger partial charge in [-0.15, -0.1) is 0 Å². The van der Waals surface area contributed by atoms with Crippen LogP contribution in [0.4, 0.5) is 0 Å². The molecule has 0 aliphatic rings. The molecule has 0 amide bonds. The fourth-order valence-corrected chi connectivity index (χ4v) is 2.31. The number of ether oxygens (including phenoxy) is 4. The molecule has 75 heavy (non-hydrogen) atoms. The fraction of sp³-hybridized carbons (Fsp3) is 0.403. The van der Waals surface area contributed by atoms with E-state index in [0.29, 0.717) is 0 Å². The second kappa shape index (κ2) is 132. The second-order valence-electron chi connectivity index (χ2n) is 12.4. The average molecular weight is 1050 g/mol. The normalized spacial score (nSPS) is 6.72. The van der Waals surface area contributed by atoms with Crippen molar-refractivity contribution in [1.29, 1.82) is 0 Å². The van der Waals surface area contributed by atoms with Crippen molar-refractivity contribution >= 4 is 23.5 Å². The number of carbonyl (C=O) groups excluding carboxylic acids is 4. The first kappa shape index (κ1) is 101. The van der Waals surface area contributed by atoms with Crippen LogP contribution in [0.25, 0.3) is 0 Å². The monoisotopic (exact) mass is 1050 g/mol. The van der Waals surface area contributed by atoms with Crippen LogP contribution in [0.3, 0.4) is 0 Å². The van der Waals surface area contributed by atoms with Crippen molar-refractivity contribution in [2.45, 2.75) is 145 Å². The standard InChI is InChI=1S/6C6H6.2C3H6O2.2C3H6O.2C3H8.2C2H6O.4C2H6.CH4/c6*1-2-4-6-5-3-1;2*1-3(4)5-2;2*1-3(2)4;4*1-3-2;4*1-2;/h6*1-6H;2*1-2H3;2*1-2H3;2*3H2,1-2H3;2*1-2H3;4*1-2H3;1H4. The first-order valence-electron chi connectivity index (χ1n) is 25.5. The Kier molecular flexibility index (Phi) is 179. The molecule has 0 aromatic heterocycles. The summed E-state index contributed by atoms with van der Waals surface area (Å²) in [5, 5.41) is 0. The maximum atomic E-state index is 9.59. The minimum absolute atomic E-state index is 0. The Morgan fingerprint density at radius 2 is 0.267 bits per heavy atom. The third kappa shape index (κ3) is 258. The molecule has 0 aliphatic heterocycles. The highest BCUT2D eigenvalue weighted by molar-refractivity contribution is 5.72. The quantitative estimate of drug-likeness (QED) is 0.139. The van der Waals surface area contributed by atoms with Gasteiger partial charge in [-0.3, -0.25) is 9.59 Å². The van der Waals surface area contributed by atoms with E-state index in [1.54, 1.807) is 28.4 Å². The van der Waals surface area contributed by atoms with Crippen molar-refractivity contribution in [3.05, 3.63) is 218 Å². The van der Waals surface area contributed by atoms with Gasteiger partial charge in [0.1, 0.15) is 11.6 Å². The zero-order chi connectivity index (χ0) is 60.0. The highest BCUT2D eigenvalue weighted by Crippen LogP contribution is 1.83. The molecule has 0 fully saturated rings. The molecular formula is C67H116O8. The van der Waals surface area contributed by atoms with Gasteiger partial charge in [0, 0.05) is 42.3 Å². The minimum Gasteiger partial charge on any atom is -0.469 e. The lowest BCUT2D eigenvalue weighted by Crippen LogP contribution is -1.88. The van der Waals surface area contributed by atoms with Crippen molar-refractivity contribution in [3.8, 4) is 0 Å². The van der Waals surface area contributed by atoms with Gasteiger partial charge in [-0.1, -0.05) is 322 Å². The van der Waals surface area contributed by atoms with E-state index in [1.165, 1.54) is 68.6 Å². The Balaban J connectivity index is -0.0000000500. The van der Waals surface area contributed by atoms with Crippen LogP contribution >= 0.6 is 0 Å². The number of hydrogen-bond donors (Lipinski definition) is 0. The van der Waals surface area contributed by atoms with E-state index in [-0.39, 0.29) is 30.9 Å². The molecule has 0 radical (unpaired) electrons. The lowest BCUT2D eigenvalue weighted by Gasteiger charge is -1.80. The van der Waals surface area contributed by atoms with Crippen LogP contribution in [-0.2, 0) is 38.1 Å². The topological polar surface area (TPSA) is 105 Å². The van der Waals surface area contributed by atoms with Gasteiger partial charge in [0.05, 0.1) is 14.2 Å². The summed E-state index contributed by atoms with van der Waals surface area (Å²) in [6.07, 6.45) is 2.50. The Hall–Kier alpha value is -6.48. The summed E-state index contributed by atoms with van der Waals surface area (Å²) in [5.41, 5.74) is 0. The zero-order valence-electron chi connectivity index (χ0n) is 51.5. The number of rotatable bonds is 0. The number of benzene rings is 6. The van der Waals surface area contributed by atoms with Crippen LogP contribution in [-0.4, -0.2) is 66.2 Å². The van der Waals surface area contributed by atoms with E-state index in [0.717, 1.165) is 0 Å². The molecule has 0 unspecified atom stereocenters. The maximum Gasteiger partial charge on any atom is 0.302 e. The maximum absolute atomic E-state index is 9.59. The number of methoxy groups -OCH3 is 4. The van der Waals surface area contributed by atoms with Crippen molar-refractivity contribution in [2.75, 3.05) is 42.7 Å². The van der Waals surface area contributed by atoms with Crippen LogP contribution in [0.2, 0.25) is 0 Å². The van der Waals surface area contributed by atoms with E-state index in [1.807, 2.05) is 274 Å². The van der Waals surface area contributed by atoms with Crippen LogP contribution < -0.4 is 0 Å². The van der Waals surface area contributed by atoms with Gasteiger partial charge < -0.3 is 28.5 Å². The minimum atomic E-state index is -0.245. The van der Waals surface area contributed by atoms with E-state index in [9.17, 15) is 19.2 Å². The summed E-state index contributed by atoms with van der Waals surface area (Å²) < 4.78 is 16.7. The molecule has 6 aromatic rings. The van der Waals surface area contributed by atoms with Crippen LogP contribution in [0.1, 0.15) is 145 Å². The molecular weight excluding hydrogens is 933 g/mol. The third-order valence-corrected chi connectivity index (χ3v) is 4.57. The Morgan fingerprint density at radius 1 is 0.240 bits per heavy atom. The summed E-state index contributed by atoms with van der Waals surface area (Å²) in [5.74, 6) is -0.157. The van der Waals surface area contributed by atoms with Crippen LogP contribution in [0.15, 0.2) is 218 Å². The van der Waals surface area contributed by atoms with Gasteiger partial charge in [-0.25, -0.2) is 0 Å². The molecule has 0 spiro atoms. The summed E-state index contributed by atoms with van der Waals surface area (Å²) in [7, 11) is 9.20. The molecule has 0 saturated heterocycles. The molecule has 0 saturated carbocycles. The van der Waals surface area contributed by atoms with Crippen molar-refractivity contribution < 1.29 is 38.1 Å². The van der Waals surface area contributed by atoms with Crippen molar-refractivity contribution in [2.24, 2.45) is 0 Å². The van der Waals surface area contributed by atoms with E-state index in [2.05, 4.69) is 46.6 Å². The van der Waals surface area contributed by atoms with Gasteiger partial charge in [0.25, 0.3) is 0 Å². The number of ketones is 2. The summed E-state index contributed by atoms with van der Waals surface area (Å²) in [4.78, 5) is 38.1. The summed E-state index contributed by atoms with van der Waals surface area (Å²) >= 11 is 0. The zero-order valence-corrected chi connectivity index (χ0v) is 51.5. The molecule has 0 bridgehead atoms. The van der Waals surface area contributed by atoms with E-state index >= 15 is 0 Å². The summed E-state index contributed by atoms with van der Waals surface area (Å²) in [6.45, 7) is 33.3. The SMILES string of the molecule is C.CC.CC.CC.CC.CC(C)=O.CC(C)=O.CCC.CCC.COC.COC.COC(C)=O.COC(C)=O.c1ccccc1.c1ccccc1.c1ccccc1.c1ccccc1.c1ccccc1.c1ccccc1. The smallest absolute Gasteiger partial charge is 0.302 e. The lowest BCUT2D eigenvalue weighted by molar-refractivity contribution is -0.138. The molecule has 0 aliphatic carbocycles. The Morgan fingerprint density at radius 3 is 0.280 bits per heavy atom. The van der Waals surface area contributed by atoms with Gasteiger partial charge in [-0.05, 0) is 27.7 Å². The highest BCUT2D eigenvalue weighted by atomic mass is 16.5. The average Bonchev–Trinajstić information content (AvgIpc) is 3.45. The molecule has 0 N–H and O–H groups in total. The lowest BCUT2D eigenvalue weighted by atomic mass is 10.4. The molecule has 6 rings (SSSR count). The van der Waals surface area contributed by atoms with Crippen molar-refractivity contribution in [3.63, 3.8) is 0 Å². The largest absolute Gasteiger partial charge is 0.469 e. The highest BCUT2D eigenvalue weighted by Gasteiger charge is 1.76. The molecule has 6 aromatic carbocycles. The first-order valence-corrected chi connectivity index (χ1v) is 25.5. The van der Waals surface area contributed by atoms with E-state index in [4.69, 9.17) is 0 Å². The first-order chi connectivity index (χ1) is 35.7. The predicted octanol–water partition coefficient (Wildman–Crippen LogP) is 19.8. The van der Waals surface area contributed by atoms with Gasteiger partial charge in [0.2, 0.25) is 0 Å².